The number of morpholine rings is 1. The van der Waals surface area contributed by atoms with E-state index in [2.05, 4.69) is 17.1 Å². The molecule has 94 valence electrons. The molecule has 0 saturated carbocycles. The van der Waals surface area contributed by atoms with Gasteiger partial charge in [0.1, 0.15) is 0 Å². The SMILES string of the molecule is CC[C@@H]1CN(CC(=O)NCCOC)CCO1. The molecule has 1 rings (SSSR count). The Hall–Kier alpha value is -0.650. The van der Waals surface area contributed by atoms with Crippen LogP contribution in [-0.4, -0.2) is 63.4 Å². The Morgan fingerprint density at radius 2 is 2.44 bits per heavy atom. The molecule has 1 saturated heterocycles. The Balaban J connectivity index is 2.17. The first-order chi connectivity index (χ1) is 7.76. The summed E-state index contributed by atoms with van der Waals surface area (Å²) < 4.78 is 10.4. The quantitative estimate of drug-likeness (QED) is 0.645. The van der Waals surface area contributed by atoms with E-state index in [1.54, 1.807) is 7.11 Å². The highest BCUT2D eigenvalue weighted by molar-refractivity contribution is 5.77. The number of amides is 1. The summed E-state index contributed by atoms with van der Waals surface area (Å²) in [6.45, 7) is 6.13. The summed E-state index contributed by atoms with van der Waals surface area (Å²) in [5.74, 6) is 0.0637. The van der Waals surface area contributed by atoms with Crippen molar-refractivity contribution in [1.29, 1.82) is 0 Å². The number of carbonyl (C=O) groups excluding carboxylic acids is 1. The van der Waals surface area contributed by atoms with Crippen molar-refractivity contribution < 1.29 is 14.3 Å². The lowest BCUT2D eigenvalue weighted by Crippen LogP contribution is -2.47. The molecule has 1 atom stereocenters. The van der Waals surface area contributed by atoms with E-state index in [-0.39, 0.29) is 12.0 Å². The van der Waals surface area contributed by atoms with Crippen LogP contribution in [0.2, 0.25) is 0 Å². The number of ether oxygens (including phenoxy) is 2. The van der Waals surface area contributed by atoms with Gasteiger partial charge in [0.2, 0.25) is 5.91 Å². The Kier molecular flexibility index (Phi) is 6.37. The van der Waals surface area contributed by atoms with Gasteiger partial charge in [-0.15, -0.1) is 0 Å². The normalized spacial score (nSPS) is 22.0. The molecule has 1 N–H and O–H groups in total. The topological polar surface area (TPSA) is 50.8 Å². The summed E-state index contributed by atoms with van der Waals surface area (Å²) in [6.07, 6.45) is 1.28. The standard InChI is InChI=1S/C11H22N2O3/c1-3-10-8-13(5-7-16-10)9-11(14)12-4-6-15-2/h10H,3-9H2,1-2H3,(H,12,14)/t10-/m1/s1. The van der Waals surface area contributed by atoms with E-state index in [1.807, 2.05) is 0 Å². The fraction of sp³-hybridized carbons (Fsp3) is 0.909. The first kappa shape index (κ1) is 13.4. The van der Waals surface area contributed by atoms with E-state index in [0.717, 1.165) is 26.1 Å². The van der Waals surface area contributed by atoms with Crippen LogP contribution in [0.15, 0.2) is 0 Å². The van der Waals surface area contributed by atoms with E-state index in [9.17, 15) is 4.79 Å². The molecule has 1 amide bonds. The smallest absolute Gasteiger partial charge is 0.234 e. The van der Waals surface area contributed by atoms with E-state index in [4.69, 9.17) is 9.47 Å². The lowest BCUT2D eigenvalue weighted by atomic mass is 10.2. The minimum Gasteiger partial charge on any atom is -0.383 e. The van der Waals surface area contributed by atoms with Crippen molar-refractivity contribution in [2.45, 2.75) is 19.4 Å². The molecule has 5 heteroatoms. The highest BCUT2D eigenvalue weighted by Crippen LogP contribution is 2.07. The van der Waals surface area contributed by atoms with E-state index >= 15 is 0 Å². The summed E-state index contributed by atoms with van der Waals surface area (Å²) in [5.41, 5.74) is 0. The Bertz CT molecular complexity index is 211. The van der Waals surface area contributed by atoms with Crippen molar-refractivity contribution in [2.75, 3.05) is 46.5 Å². The summed E-state index contributed by atoms with van der Waals surface area (Å²) in [4.78, 5) is 13.7. The van der Waals surface area contributed by atoms with Crippen LogP contribution < -0.4 is 5.32 Å². The third kappa shape index (κ3) is 4.92. The maximum atomic E-state index is 11.5. The molecule has 1 aliphatic heterocycles. The summed E-state index contributed by atoms with van der Waals surface area (Å²) >= 11 is 0. The second kappa shape index (κ2) is 7.60. The third-order valence-electron chi connectivity index (χ3n) is 2.67. The van der Waals surface area contributed by atoms with Crippen molar-refractivity contribution in [3.63, 3.8) is 0 Å². The van der Waals surface area contributed by atoms with E-state index < -0.39 is 0 Å². The highest BCUT2D eigenvalue weighted by atomic mass is 16.5. The summed E-state index contributed by atoms with van der Waals surface area (Å²) in [5, 5.41) is 2.82. The largest absolute Gasteiger partial charge is 0.383 e. The van der Waals surface area contributed by atoms with Gasteiger partial charge >= 0.3 is 0 Å². The molecule has 0 spiro atoms. The van der Waals surface area contributed by atoms with Gasteiger partial charge in [-0.05, 0) is 6.42 Å². The van der Waals surface area contributed by atoms with Gasteiger partial charge in [0.25, 0.3) is 0 Å². The number of methoxy groups -OCH3 is 1. The zero-order valence-corrected chi connectivity index (χ0v) is 10.2. The number of hydrogen-bond acceptors (Lipinski definition) is 4. The van der Waals surface area contributed by atoms with Gasteiger partial charge in [0, 0.05) is 26.7 Å². The summed E-state index contributed by atoms with van der Waals surface area (Å²) in [6, 6.07) is 0. The molecule has 0 bridgehead atoms. The van der Waals surface area contributed by atoms with Crippen molar-refractivity contribution in [3.05, 3.63) is 0 Å². The van der Waals surface area contributed by atoms with Crippen molar-refractivity contribution >= 4 is 5.91 Å². The number of hydrogen-bond donors (Lipinski definition) is 1. The second-order valence-corrected chi connectivity index (χ2v) is 3.98. The van der Waals surface area contributed by atoms with Crippen LogP contribution in [0.1, 0.15) is 13.3 Å². The molecule has 5 nitrogen and oxygen atoms in total. The Labute approximate surface area is 97.1 Å². The van der Waals surface area contributed by atoms with Gasteiger partial charge in [-0.1, -0.05) is 6.92 Å². The molecule has 1 heterocycles. The predicted octanol–water partition coefficient (Wildman–Crippen LogP) is -0.140. The van der Waals surface area contributed by atoms with Crippen LogP contribution in [0.3, 0.4) is 0 Å². The number of rotatable bonds is 6. The zero-order chi connectivity index (χ0) is 11.8. The summed E-state index contributed by atoms with van der Waals surface area (Å²) in [7, 11) is 1.62. The number of nitrogens with one attached hydrogen (secondary N) is 1. The lowest BCUT2D eigenvalue weighted by molar-refractivity contribution is -0.124. The molecule has 0 aromatic carbocycles. The van der Waals surface area contributed by atoms with Crippen LogP contribution in [0.5, 0.6) is 0 Å². The fourth-order valence-corrected chi connectivity index (χ4v) is 1.72. The predicted molar refractivity (Wildman–Crippen MR) is 61.4 cm³/mol. The molecular weight excluding hydrogens is 208 g/mol. The minimum atomic E-state index is 0.0637. The average molecular weight is 230 g/mol. The first-order valence-corrected chi connectivity index (χ1v) is 5.85. The zero-order valence-electron chi connectivity index (χ0n) is 10.2. The van der Waals surface area contributed by atoms with Gasteiger partial charge < -0.3 is 14.8 Å². The van der Waals surface area contributed by atoms with Gasteiger partial charge in [-0.3, -0.25) is 9.69 Å². The maximum absolute atomic E-state index is 11.5. The van der Waals surface area contributed by atoms with E-state index in [0.29, 0.717) is 19.7 Å². The van der Waals surface area contributed by atoms with Gasteiger partial charge in [0.15, 0.2) is 0 Å². The molecule has 0 aromatic rings. The van der Waals surface area contributed by atoms with Gasteiger partial charge in [-0.2, -0.15) is 0 Å². The van der Waals surface area contributed by atoms with Gasteiger partial charge in [0.05, 0.1) is 25.9 Å². The highest BCUT2D eigenvalue weighted by Gasteiger charge is 2.20. The third-order valence-corrected chi connectivity index (χ3v) is 2.67. The Morgan fingerprint density at radius 1 is 1.62 bits per heavy atom. The molecule has 0 radical (unpaired) electrons. The molecule has 1 fully saturated rings. The molecule has 0 aliphatic carbocycles. The number of nitrogens with zero attached hydrogens (tertiary/aromatic N) is 1. The maximum Gasteiger partial charge on any atom is 0.234 e. The lowest BCUT2D eigenvalue weighted by Gasteiger charge is -2.31. The molecular formula is C11H22N2O3. The molecule has 1 aliphatic rings. The first-order valence-electron chi connectivity index (χ1n) is 5.85. The monoisotopic (exact) mass is 230 g/mol. The molecule has 0 aromatic heterocycles. The van der Waals surface area contributed by atoms with Crippen LogP contribution in [0.25, 0.3) is 0 Å². The minimum absolute atomic E-state index is 0.0637. The van der Waals surface area contributed by atoms with Crippen LogP contribution in [0, 0.1) is 0 Å². The molecule has 16 heavy (non-hydrogen) atoms. The fourth-order valence-electron chi connectivity index (χ4n) is 1.72. The van der Waals surface area contributed by atoms with Crippen molar-refractivity contribution in [1.82, 2.24) is 10.2 Å². The van der Waals surface area contributed by atoms with Crippen molar-refractivity contribution in [2.24, 2.45) is 0 Å². The second-order valence-electron chi connectivity index (χ2n) is 3.98. The average Bonchev–Trinajstić information content (AvgIpc) is 2.29. The Morgan fingerprint density at radius 3 is 3.12 bits per heavy atom. The number of carbonyl (C=O) groups is 1. The van der Waals surface area contributed by atoms with E-state index in [1.165, 1.54) is 0 Å². The van der Waals surface area contributed by atoms with Crippen molar-refractivity contribution in [3.8, 4) is 0 Å². The van der Waals surface area contributed by atoms with Crippen LogP contribution >= 0.6 is 0 Å². The molecule has 0 unspecified atom stereocenters. The van der Waals surface area contributed by atoms with Gasteiger partial charge in [-0.25, -0.2) is 0 Å². The van der Waals surface area contributed by atoms with Crippen LogP contribution in [-0.2, 0) is 14.3 Å². The van der Waals surface area contributed by atoms with Crippen LogP contribution in [0.4, 0.5) is 0 Å².